The average molecular weight is 342 g/mol. The molecule has 0 saturated carbocycles. The molecule has 0 radical (unpaired) electrons. The zero-order valence-electron chi connectivity index (χ0n) is 13.5. The molecule has 1 aliphatic rings. The van der Waals surface area contributed by atoms with E-state index in [2.05, 4.69) is 12.1 Å². The zero-order valence-corrected chi connectivity index (χ0v) is 14.3. The molecule has 0 aromatic heterocycles. The highest BCUT2D eigenvalue weighted by Crippen LogP contribution is 2.46. The highest BCUT2D eigenvalue weighted by molar-refractivity contribution is 8.17. The van der Waals surface area contributed by atoms with Gasteiger partial charge in [0.05, 0.1) is 41.0 Å². The molecule has 1 aromatic carbocycles. The highest BCUT2D eigenvalue weighted by atomic mass is 32.2. The Hall–Kier alpha value is -2.64. The van der Waals surface area contributed by atoms with E-state index in [1.54, 1.807) is 18.2 Å². The number of allylic oxidation sites excluding steroid dienone is 1. The molecular weight excluding hydrogens is 324 g/mol. The summed E-state index contributed by atoms with van der Waals surface area (Å²) < 4.78 is 11.2. The first-order chi connectivity index (χ1) is 11.6. The number of hydrogen-bond donors (Lipinski definition) is 2. The molecular formula is C17H18N4O2S. The van der Waals surface area contributed by atoms with Gasteiger partial charge in [-0.2, -0.15) is 10.5 Å². The summed E-state index contributed by atoms with van der Waals surface area (Å²) in [5.41, 5.74) is 6.89. The van der Waals surface area contributed by atoms with Crippen LogP contribution >= 0.6 is 11.8 Å². The minimum Gasteiger partial charge on any atom is -0.494 e. The molecule has 2 rings (SSSR count). The van der Waals surface area contributed by atoms with Crippen molar-refractivity contribution in [3.63, 3.8) is 0 Å². The third-order valence-corrected chi connectivity index (χ3v) is 4.52. The minimum atomic E-state index is -0.769. The molecule has 24 heavy (non-hydrogen) atoms. The summed E-state index contributed by atoms with van der Waals surface area (Å²) in [6.07, 6.45) is 0. The van der Waals surface area contributed by atoms with Crippen molar-refractivity contribution in [1.82, 2.24) is 0 Å². The third kappa shape index (κ3) is 3.32. The SMILES string of the molecule is CCOc1ccc([C@H]2C(C#N)=C(N)SC(=N)[C@H]2C#N)c(OCC)c1. The second kappa shape index (κ2) is 7.76. The Morgan fingerprint density at radius 2 is 1.96 bits per heavy atom. The van der Waals surface area contributed by atoms with Gasteiger partial charge in [-0.1, -0.05) is 17.8 Å². The van der Waals surface area contributed by atoms with Gasteiger partial charge < -0.3 is 15.2 Å². The fraction of sp³-hybridized carbons (Fsp3) is 0.353. The zero-order chi connectivity index (χ0) is 17.7. The number of benzene rings is 1. The number of rotatable bonds is 5. The Bertz CT molecular complexity index is 761. The molecule has 0 spiro atoms. The number of nitrogens with zero attached hydrogens (tertiary/aromatic N) is 2. The summed E-state index contributed by atoms with van der Waals surface area (Å²) in [5, 5.41) is 27.5. The predicted octanol–water partition coefficient (Wildman–Crippen LogP) is 3.13. The van der Waals surface area contributed by atoms with Crippen molar-refractivity contribution in [2.45, 2.75) is 19.8 Å². The largest absolute Gasteiger partial charge is 0.494 e. The summed E-state index contributed by atoms with van der Waals surface area (Å²) in [7, 11) is 0. The predicted molar refractivity (Wildman–Crippen MR) is 92.8 cm³/mol. The maximum atomic E-state index is 9.51. The first-order valence-electron chi connectivity index (χ1n) is 7.52. The molecule has 0 aliphatic carbocycles. The van der Waals surface area contributed by atoms with Gasteiger partial charge in [-0.3, -0.25) is 5.41 Å². The lowest BCUT2D eigenvalue weighted by atomic mass is 9.81. The number of hydrogen-bond acceptors (Lipinski definition) is 7. The van der Waals surface area contributed by atoms with Crippen molar-refractivity contribution in [2.24, 2.45) is 11.7 Å². The smallest absolute Gasteiger partial charge is 0.126 e. The fourth-order valence-electron chi connectivity index (χ4n) is 2.61. The van der Waals surface area contributed by atoms with Crippen LogP contribution in [0.2, 0.25) is 0 Å². The summed E-state index contributed by atoms with van der Waals surface area (Å²) in [6.45, 7) is 4.69. The van der Waals surface area contributed by atoms with Gasteiger partial charge in [0, 0.05) is 17.5 Å². The summed E-state index contributed by atoms with van der Waals surface area (Å²) >= 11 is 0.966. The number of thioether (sulfide) groups is 1. The Morgan fingerprint density at radius 1 is 1.25 bits per heavy atom. The molecule has 1 aromatic rings. The van der Waals surface area contributed by atoms with Crippen molar-refractivity contribution in [1.29, 1.82) is 15.9 Å². The maximum absolute atomic E-state index is 9.51. The van der Waals surface area contributed by atoms with Crippen molar-refractivity contribution in [2.75, 3.05) is 13.2 Å². The Kier molecular flexibility index (Phi) is 5.73. The number of nitrogens with one attached hydrogen (secondary N) is 1. The fourth-order valence-corrected chi connectivity index (χ4v) is 3.44. The van der Waals surface area contributed by atoms with Gasteiger partial charge in [0.1, 0.15) is 17.4 Å². The lowest BCUT2D eigenvalue weighted by molar-refractivity contribution is 0.319. The highest BCUT2D eigenvalue weighted by Gasteiger charge is 2.38. The normalized spacial score (nSPS) is 20.2. The minimum absolute atomic E-state index is 0.135. The summed E-state index contributed by atoms with van der Waals surface area (Å²) in [6, 6.07) is 9.51. The van der Waals surface area contributed by atoms with Crippen molar-refractivity contribution < 1.29 is 9.47 Å². The second-order valence-corrected chi connectivity index (χ2v) is 6.09. The summed E-state index contributed by atoms with van der Waals surface area (Å²) in [4.78, 5) is 0. The van der Waals surface area contributed by atoms with E-state index in [0.29, 0.717) is 35.8 Å². The van der Waals surface area contributed by atoms with Crippen LogP contribution in [0.15, 0.2) is 28.8 Å². The molecule has 0 amide bonds. The van der Waals surface area contributed by atoms with Crippen LogP contribution in [0.3, 0.4) is 0 Å². The van der Waals surface area contributed by atoms with Crippen LogP contribution in [0.5, 0.6) is 11.5 Å². The van der Waals surface area contributed by atoms with E-state index in [4.69, 9.17) is 20.6 Å². The van der Waals surface area contributed by atoms with Gasteiger partial charge in [0.25, 0.3) is 0 Å². The van der Waals surface area contributed by atoms with Gasteiger partial charge in [0.15, 0.2) is 0 Å². The lowest BCUT2D eigenvalue weighted by Gasteiger charge is -2.29. The quantitative estimate of drug-likeness (QED) is 0.849. The van der Waals surface area contributed by atoms with Gasteiger partial charge in [-0.25, -0.2) is 0 Å². The van der Waals surface area contributed by atoms with Crippen molar-refractivity contribution in [3.8, 4) is 23.6 Å². The van der Waals surface area contributed by atoms with Crippen LogP contribution in [0.4, 0.5) is 0 Å². The Labute approximate surface area is 145 Å². The molecule has 0 fully saturated rings. The first kappa shape index (κ1) is 17.7. The molecule has 124 valence electrons. The van der Waals surface area contributed by atoms with E-state index in [1.165, 1.54) is 0 Å². The monoisotopic (exact) mass is 342 g/mol. The first-order valence-corrected chi connectivity index (χ1v) is 8.34. The Balaban J connectivity index is 2.62. The van der Waals surface area contributed by atoms with Crippen LogP contribution in [0, 0.1) is 34.0 Å². The Morgan fingerprint density at radius 3 is 2.54 bits per heavy atom. The van der Waals surface area contributed by atoms with Crippen LogP contribution in [-0.2, 0) is 0 Å². The van der Waals surface area contributed by atoms with Crippen LogP contribution in [0.25, 0.3) is 0 Å². The molecule has 6 nitrogen and oxygen atoms in total. The van der Waals surface area contributed by atoms with E-state index in [1.807, 2.05) is 13.8 Å². The molecule has 0 unspecified atom stereocenters. The summed E-state index contributed by atoms with van der Waals surface area (Å²) in [5.74, 6) is -0.206. The molecule has 7 heteroatoms. The van der Waals surface area contributed by atoms with E-state index >= 15 is 0 Å². The van der Waals surface area contributed by atoms with E-state index in [9.17, 15) is 10.5 Å². The van der Waals surface area contributed by atoms with E-state index in [-0.39, 0.29) is 10.1 Å². The second-order valence-electron chi connectivity index (χ2n) is 5.01. The third-order valence-electron chi connectivity index (χ3n) is 3.60. The molecule has 0 saturated heterocycles. The van der Waals surface area contributed by atoms with Gasteiger partial charge in [-0.15, -0.1) is 0 Å². The van der Waals surface area contributed by atoms with E-state index < -0.39 is 11.8 Å². The number of nitriles is 2. The molecule has 3 N–H and O–H groups in total. The number of ether oxygens (including phenoxy) is 2. The average Bonchev–Trinajstić information content (AvgIpc) is 2.55. The molecule has 0 bridgehead atoms. The van der Waals surface area contributed by atoms with Crippen molar-refractivity contribution >= 4 is 16.8 Å². The standard InChI is InChI=1S/C17H18N4O2S/c1-3-22-10-5-6-11(14(7-10)23-4-2)15-12(8-18)16(20)24-17(21)13(15)9-19/h5-7,12,15,20H,3-4,21H2,1-2H3/t12-,15+/m0/s1. The van der Waals surface area contributed by atoms with Gasteiger partial charge in [0.2, 0.25) is 0 Å². The van der Waals surface area contributed by atoms with Crippen LogP contribution in [0.1, 0.15) is 25.3 Å². The van der Waals surface area contributed by atoms with E-state index in [0.717, 1.165) is 11.8 Å². The van der Waals surface area contributed by atoms with Gasteiger partial charge in [-0.05, 0) is 19.9 Å². The van der Waals surface area contributed by atoms with Gasteiger partial charge >= 0.3 is 0 Å². The lowest BCUT2D eigenvalue weighted by Crippen LogP contribution is -2.27. The van der Waals surface area contributed by atoms with Crippen LogP contribution < -0.4 is 15.2 Å². The topological polar surface area (TPSA) is 116 Å². The molecule has 1 heterocycles. The van der Waals surface area contributed by atoms with Crippen LogP contribution in [-0.4, -0.2) is 18.3 Å². The number of nitrogens with two attached hydrogens (primary N) is 1. The molecule has 1 aliphatic heterocycles. The molecule has 2 atom stereocenters. The maximum Gasteiger partial charge on any atom is 0.126 e. The van der Waals surface area contributed by atoms with Crippen molar-refractivity contribution in [3.05, 3.63) is 34.4 Å².